The lowest BCUT2D eigenvalue weighted by Gasteiger charge is -2.45. The van der Waals surface area contributed by atoms with Gasteiger partial charge in [-0.3, -0.25) is 9.48 Å². The number of hydrogen-bond acceptors (Lipinski definition) is 8. The number of nitrogens with zero attached hydrogens (tertiary/aromatic N) is 5. The largest absolute Gasteiger partial charge is 0.481 e. The molecule has 2 amide bonds. The number of amides is 2. The van der Waals surface area contributed by atoms with Gasteiger partial charge in [-0.15, -0.1) is 0 Å². The third-order valence-electron chi connectivity index (χ3n) is 6.57. The van der Waals surface area contributed by atoms with Crippen LogP contribution < -0.4 is 15.5 Å². The Labute approximate surface area is 211 Å². The molecule has 0 saturated heterocycles. The smallest absolute Gasteiger partial charge is 0.428 e. The molecule has 2 aliphatic rings. The van der Waals surface area contributed by atoms with Gasteiger partial charge in [0.25, 0.3) is 5.91 Å². The minimum absolute atomic E-state index is 0.232. The van der Waals surface area contributed by atoms with Crippen LogP contribution in [0.5, 0.6) is 5.88 Å². The molecule has 3 heterocycles. The van der Waals surface area contributed by atoms with Gasteiger partial charge in [-0.25, -0.2) is 15.2 Å². The highest BCUT2D eigenvalue weighted by Crippen LogP contribution is 2.47. The fourth-order valence-corrected chi connectivity index (χ4v) is 5.19. The first-order chi connectivity index (χ1) is 16.7. The molecule has 0 unspecified atom stereocenters. The zero-order valence-electron chi connectivity index (χ0n) is 19.7. The van der Waals surface area contributed by atoms with E-state index in [0.717, 1.165) is 0 Å². The number of nitrogens with one attached hydrogen (secondary N) is 2. The summed E-state index contributed by atoms with van der Waals surface area (Å²) in [6.07, 6.45) is 6.36. The minimum atomic E-state index is -0.986. The summed E-state index contributed by atoms with van der Waals surface area (Å²) in [6.45, 7) is 1.88. The van der Waals surface area contributed by atoms with Gasteiger partial charge in [-0.2, -0.15) is 15.5 Å². The average molecular weight is 544 g/mol. The van der Waals surface area contributed by atoms with Gasteiger partial charge >= 0.3 is 6.09 Å². The third-order valence-corrected chi connectivity index (χ3v) is 7.20. The monoisotopic (exact) mass is 543 g/mol. The molecule has 0 aromatic carbocycles. The molecule has 2 aromatic heterocycles. The first-order valence-corrected chi connectivity index (χ1v) is 12.0. The second-order valence-corrected chi connectivity index (χ2v) is 9.89. The highest BCUT2D eigenvalue weighted by molar-refractivity contribution is 9.10. The van der Waals surface area contributed by atoms with Crippen LogP contribution in [-0.4, -0.2) is 51.2 Å². The van der Waals surface area contributed by atoms with Crippen molar-refractivity contribution >= 4 is 33.6 Å². The van der Waals surface area contributed by atoms with Gasteiger partial charge < -0.3 is 14.8 Å². The van der Waals surface area contributed by atoms with E-state index < -0.39 is 17.1 Å². The van der Waals surface area contributed by atoms with Crippen LogP contribution in [0, 0.1) is 16.7 Å². The summed E-state index contributed by atoms with van der Waals surface area (Å²) in [7, 11) is 3.27. The van der Waals surface area contributed by atoms with E-state index in [1.165, 1.54) is 13.3 Å². The molecule has 0 bridgehead atoms. The summed E-state index contributed by atoms with van der Waals surface area (Å²) in [5.74, 6) is 0.169. The Bertz CT molecular complexity index is 1210. The van der Waals surface area contributed by atoms with E-state index in [9.17, 15) is 14.9 Å². The molecule has 1 aliphatic heterocycles. The molecular weight excluding hydrogens is 518 g/mol. The van der Waals surface area contributed by atoms with E-state index >= 15 is 0 Å². The Balaban J connectivity index is 1.51. The van der Waals surface area contributed by atoms with E-state index in [1.807, 2.05) is 6.92 Å². The lowest BCUT2D eigenvalue weighted by atomic mass is 9.65. The van der Waals surface area contributed by atoms with Crippen molar-refractivity contribution in [3.8, 4) is 11.9 Å². The van der Waals surface area contributed by atoms with Crippen molar-refractivity contribution < 1.29 is 19.1 Å². The lowest BCUT2D eigenvalue weighted by molar-refractivity contribution is 0.00353. The van der Waals surface area contributed by atoms with Gasteiger partial charge in [0, 0.05) is 41.6 Å². The first kappa shape index (κ1) is 24.7. The maximum Gasteiger partial charge on any atom is 0.428 e. The summed E-state index contributed by atoms with van der Waals surface area (Å²) in [5.41, 5.74) is 2.44. The quantitative estimate of drug-likeness (QED) is 0.569. The second kappa shape index (κ2) is 9.65. The summed E-state index contributed by atoms with van der Waals surface area (Å²) in [6, 6.07) is 3.97. The first-order valence-electron chi connectivity index (χ1n) is 11.2. The average Bonchev–Trinajstić information content (AvgIpc) is 3.28. The Kier molecular flexibility index (Phi) is 6.80. The van der Waals surface area contributed by atoms with Gasteiger partial charge in [0.2, 0.25) is 5.88 Å². The molecular formula is C23H26BrN7O4. The number of halogens is 1. The van der Waals surface area contributed by atoms with Crippen LogP contribution in [0.25, 0.3) is 0 Å². The van der Waals surface area contributed by atoms with Gasteiger partial charge in [0.05, 0.1) is 30.4 Å². The number of aromatic nitrogens is 3. The predicted molar refractivity (Wildman–Crippen MR) is 129 cm³/mol. The maximum atomic E-state index is 12.5. The van der Waals surface area contributed by atoms with Crippen LogP contribution in [0.3, 0.4) is 0 Å². The number of nitriles is 1. The lowest BCUT2D eigenvalue weighted by Crippen LogP contribution is -2.54. The number of carbonyl (C=O) groups excluding carboxylic acids is 2. The Morgan fingerprint density at radius 1 is 1.40 bits per heavy atom. The number of aryl methyl sites for hydroxylation is 1. The normalized spacial score (nSPS) is 24.5. The van der Waals surface area contributed by atoms with Crippen molar-refractivity contribution in [2.75, 3.05) is 7.11 Å². The van der Waals surface area contributed by atoms with Crippen molar-refractivity contribution in [1.82, 2.24) is 25.5 Å². The topological polar surface area (TPSA) is 144 Å². The van der Waals surface area contributed by atoms with Gasteiger partial charge in [0.15, 0.2) is 5.60 Å². The molecule has 0 radical (unpaired) electrons. The molecule has 2 aromatic rings. The summed E-state index contributed by atoms with van der Waals surface area (Å²) >= 11 is 3.51. The zero-order valence-corrected chi connectivity index (χ0v) is 21.3. The van der Waals surface area contributed by atoms with E-state index in [-0.39, 0.29) is 11.9 Å². The number of methoxy groups -OCH3 is 1. The third kappa shape index (κ3) is 5.00. The molecule has 35 heavy (non-hydrogen) atoms. The minimum Gasteiger partial charge on any atom is -0.481 e. The van der Waals surface area contributed by atoms with Crippen LogP contribution in [0.2, 0.25) is 0 Å². The summed E-state index contributed by atoms with van der Waals surface area (Å²) in [5, 5.41) is 21.4. The van der Waals surface area contributed by atoms with Crippen molar-refractivity contribution in [2.24, 2.45) is 17.6 Å². The van der Waals surface area contributed by atoms with E-state index in [2.05, 4.69) is 47.9 Å². The fourth-order valence-electron chi connectivity index (χ4n) is 4.79. The van der Waals surface area contributed by atoms with Crippen molar-refractivity contribution in [3.63, 3.8) is 0 Å². The summed E-state index contributed by atoms with van der Waals surface area (Å²) < 4.78 is 13.3. The maximum absolute atomic E-state index is 12.5. The van der Waals surface area contributed by atoms with Crippen LogP contribution in [0.4, 0.5) is 4.79 Å². The molecule has 4 rings (SSSR count). The van der Waals surface area contributed by atoms with Crippen molar-refractivity contribution in [3.05, 3.63) is 40.3 Å². The molecule has 1 saturated carbocycles. The van der Waals surface area contributed by atoms with Crippen LogP contribution in [0.1, 0.15) is 54.9 Å². The number of carbonyl (C=O) groups is 2. The highest BCUT2D eigenvalue weighted by Gasteiger charge is 2.51. The standard InChI is InChI=1S/C23H26BrN7O4/c1-14(28-20(32)15-10-27-31(2)12-15)9-22(13-25)4-6-23(7-5-22)19(29-30-21(33)35-23)16-8-18(34-3)26-11-17(16)24/h8,10-12,14H,4-7,9H2,1-3H3,(H,28,32)(H,30,33)/t14-,22?,23?/m0/s1. The molecule has 11 nitrogen and oxygen atoms in total. The van der Waals surface area contributed by atoms with Gasteiger partial charge in [0.1, 0.15) is 5.71 Å². The highest BCUT2D eigenvalue weighted by atomic mass is 79.9. The summed E-state index contributed by atoms with van der Waals surface area (Å²) in [4.78, 5) is 28.9. The molecule has 2 N–H and O–H groups in total. The molecule has 1 fully saturated rings. The van der Waals surface area contributed by atoms with Crippen LogP contribution in [0.15, 0.2) is 34.2 Å². The second-order valence-electron chi connectivity index (χ2n) is 9.04. The van der Waals surface area contributed by atoms with E-state index in [1.54, 1.807) is 30.2 Å². The number of rotatable bonds is 6. The molecule has 1 atom stereocenters. The van der Waals surface area contributed by atoms with Gasteiger partial charge in [-0.05, 0) is 55.0 Å². The van der Waals surface area contributed by atoms with Gasteiger partial charge in [-0.1, -0.05) is 0 Å². The number of hydrogen-bond donors (Lipinski definition) is 2. The fraction of sp³-hybridized carbons (Fsp3) is 0.478. The van der Waals surface area contributed by atoms with Crippen molar-refractivity contribution in [2.45, 2.75) is 50.7 Å². The molecule has 1 spiro atoms. The van der Waals surface area contributed by atoms with Crippen LogP contribution in [-0.2, 0) is 11.8 Å². The Morgan fingerprint density at radius 3 is 2.77 bits per heavy atom. The molecule has 12 heteroatoms. The Hall–Kier alpha value is -3.46. The number of hydrazone groups is 1. The predicted octanol–water partition coefficient (Wildman–Crippen LogP) is 3.06. The number of pyridine rings is 1. The molecule has 184 valence electrons. The van der Waals surface area contributed by atoms with E-state index in [4.69, 9.17) is 9.47 Å². The van der Waals surface area contributed by atoms with E-state index in [0.29, 0.717) is 59.3 Å². The Morgan fingerprint density at radius 2 is 2.14 bits per heavy atom. The van der Waals surface area contributed by atoms with Crippen molar-refractivity contribution in [1.29, 1.82) is 5.26 Å². The van der Waals surface area contributed by atoms with Crippen LogP contribution >= 0.6 is 15.9 Å². The molecule has 1 aliphatic carbocycles. The zero-order chi connectivity index (χ0) is 25.2. The number of ether oxygens (including phenoxy) is 2. The SMILES string of the molecule is COc1cc(C2=NNC(=O)OC23CCC(C#N)(C[C@H](C)NC(=O)c2cnn(C)c2)CC3)c(Br)cn1.